The topological polar surface area (TPSA) is 74.6 Å². The summed E-state index contributed by atoms with van der Waals surface area (Å²) in [5.74, 6) is 1.65. The molecular formula is C25H29N3O4. The summed E-state index contributed by atoms with van der Waals surface area (Å²) in [4.78, 5) is 18.1. The van der Waals surface area contributed by atoms with Gasteiger partial charge in [-0.15, -0.1) is 0 Å². The van der Waals surface area contributed by atoms with E-state index in [9.17, 15) is 4.79 Å². The van der Waals surface area contributed by atoms with Crippen LogP contribution in [0.25, 0.3) is 11.0 Å². The molecule has 1 aromatic heterocycles. The van der Waals surface area contributed by atoms with Gasteiger partial charge in [0.05, 0.1) is 43.5 Å². The number of para-hydroxylation sites is 2. The van der Waals surface area contributed by atoms with Crippen LogP contribution in [0.3, 0.4) is 0 Å². The van der Waals surface area contributed by atoms with Crippen molar-refractivity contribution in [2.45, 2.75) is 39.2 Å². The van der Waals surface area contributed by atoms with E-state index in [0.717, 1.165) is 41.6 Å². The van der Waals surface area contributed by atoms with Crippen LogP contribution in [0.15, 0.2) is 53.7 Å². The molecule has 0 bridgehead atoms. The molecule has 1 aliphatic rings. The Bertz CT molecular complexity index is 1170. The first-order chi connectivity index (χ1) is 15.6. The smallest absolute Gasteiger partial charge is 0.338 e. The first-order valence-electron chi connectivity index (χ1n) is 10.9. The molecule has 0 amide bonds. The van der Waals surface area contributed by atoms with Crippen molar-refractivity contribution in [2.24, 2.45) is 0 Å². The second kappa shape index (κ2) is 9.34. The maximum absolute atomic E-state index is 13.3. The number of hydrogen-bond donors (Lipinski definition) is 1. The molecule has 3 aromatic rings. The Labute approximate surface area is 188 Å². The minimum absolute atomic E-state index is 0.336. The summed E-state index contributed by atoms with van der Waals surface area (Å²) >= 11 is 0. The number of benzene rings is 2. The summed E-state index contributed by atoms with van der Waals surface area (Å²) in [6.45, 7) is 4.40. The number of hydrogen-bond acceptors (Lipinski definition) is 6. The molecule has 4 rings (SSSR count). The maximum Gasteiger partial charge on any atom is 0.338 e. The number of ether oxygens (including phenoxy) is 3. The van der Waals surface area contributed by atoms with Crippen molar-refractivity contribution in [2.75, 3.05) is 26.1 Å². The van der Waals surface area contributed by atoms with Gasteiger partial charge in [0.15, 0.2) is 0 Å². The fourth-order valence-electron chi connectivity index (χ4n) is 4.16. The monoisotopic (exact) mass is 435 g/mol. The number of nitrogens with one attached hydrogen (secondary N) is 1. The number of anilines is 1. The number of rotatable bonds is 8. The number of aromatic nitrogens is 2. The number of unbranched alkanes of at least 4 members (excludes halogenated alkanes) is 2. The van der Waals surface area contributed by atoms with Gasteiger partial charge in [0.1, 0.15) is 11.5 Å². The summed E-state index contributed by atoms with van der Waals surface area (Å²) in [6.07, 6.45) is 2.93. The number of nitrogens with zero attached hydrogens (tertiary/aromatic N) is 2. The van der Waals surface area contributed by atoms with Gasteiger partial charge >= 0.3 is 5.97 Å². The van der Waals surface area contributed by atoms with E-state index < -0.39 is 6.04 Å². The molecule has 1 atom stereocenters. The molecule has 1 aliphatic heterocycles. The molecule has 0 aliphatic carbocycles. The number of fused-ring (bicyclic) bond motifs is 3. The van der Waals surface area contributed by atoms with Crippen LogP contribution in [-0.4, -0.2) is 36.3 Å². The minimum atomic E-state index is -0.460. The highest BCUT2D eigenvalue weighted by molar-refractivity contribution is 5.94. The van der Waals surface area contributed by atoms with Crippen LogP contribution in [0.4, 0.5) is 5.95 Å². The molecule has 2 aromatic carbocycles. The number of allylic oxidation sites excluding steroid dienone is 1. The second-order valence-electron chi connectivity index (χ2n) is 7.81. The highest BCUT2D eigenvalue weighted by Gasteiger charge is 2.36. The van der Waals surface area contributed by atoms with Gasteiger partial charge in [0.25, 0.3) is 0 Å². The average molecular weight is 436 g/mol. The fourth-order valence-corrected chi connectivity index (χ4v) is 4.16. The molecular weight excluding hydrogens is 406 g/mol. The molecule has 0 saturated carbocycles. The number of esters is 1. The van der Waals surface area contributed by atoms with Crippen LogP contribution in [0.5, 0.6) is 11.5 Å². The highest BCUT2D eigenvalue weighted by atomic mass is 16.5. The predicted molar refractivity (Wildman–Crippen MR) is 124 cm³/mol. The van der Waals surface area contributed by atoms with Gasteiger partial charge in [0.2, 0.25) is 5.95 Å². The van der Waals surface area contributed by atoms with Gasteiger partial charge in [-0.1, -0.05) is 31.9 Å². The van der Waals surface area contributed by atoms with E-state index in [4.69, 9.17) is 19.2 Å². The van der Waals surface area contributed by atoms with Gasteiger partial charge in [-0.05, 0) is 37.6 Å². The minimum Gasteiger partial charge on any atom is -0.497 e. The lowest BCUT2D eigenvalue weighted by molar-refractivity contribution is -0.139. The van der Waals surface area contributed by atoms with Crippen molar-refractivity contribution < 1.29 is 19.0 Å². The highest BCUT2D eigenvalue weighted by Crippen LogP contribution is 2.43. The van der Waals surface area contributed by atoms with Crippen LogP contribution in [-0.2, 0) is 9.53 Å². The van der Waals surface area contributed by atoms with Crippen molar-refractivity contribution in [3.63, 3.8) is 0 Å². The Morgan fingerprint density at radius 3 is 2.69 bits per heavy atom. The molecule has 7 nitrogen and oxygen atoms in total. The largest absolute Gasteiger partial charge is 0.497 e. The Morgan fingerprint density at radius 2 is 1.94 bits per heavy atom. The van der Waals surface area contributed by atoms with E-state index in [2.05, 4.69) is 12.2 Å². The molecule has 0 saturated heterocycles. The molecule has 1 N–H and O–H groups in total. The summed E-state index contributed by atoms with van der Waals surface area (Å²) in [6, 6.07) is 13.1. The van der Waals surface area contributed by atoms with Gasteiger partial charge in [-0.25, -0.2) is 9.78 Å². The Kier molecular flexibility index (Phi) is 6.35. The third kappa shape index (κ3) is 3.90. The molecule has 168 valence electrons. The van der Waals surface area contributed by atoms with Crippen molar-refractivity contribution in [1.82, 2.24) is 9.55 Å². The van der Waals surface area contributed by atoms with Crippen LogP contribution >= 0.6 is 0 Å². The van der Waals surface area contributed by atoms with Gasteiger partial charge < -0.3 is 19.5 Å². The van der Waals surface area contributed by atoms with Crippen molar-refractivity contribution in [3.05, 3.63) is 59.3 Å². The van der Waals surface area contributed by atoms with Gasteiger partial charge in [0, 0.05) is 17.3 Å². The van der Waals surface area contributed by atoms with E-state index in [1.165, 1.54) is 0 Å². The first-order valence-corrected chi connectivity index (χ1v) is 10.9. The zero-order valence-corrected chi connectivity index (χ0v) is 19.0. The fraction of sp³-hybridized carbons (Fsp3) is 0.360. The molecule has 32 heavy (non-hydrogen) atoms. The standard InChI is InChI=1S/C25H29N3O4/c1-5-6-9-14-32-24(29)22-16(2)26-25-27-19-10-7-8-11-20(19)28(25)23(22)18-13-12-17(30-3)15-21(18)31-4/h7-8,10-13,15,23H,5-6,9,14H2,1-4H3,(H,26,27)/t23-/m0/s1. The molecule has 0 unspecified atom stereocenters. The Balaban J connectivity index is 1.86. The number of carbonyl (C=O) groups excluding carboxylic acids is 1. The van der Waals surface area contributed by atoms with E-state index >= 15 is 0 Å². The van der Waals surface area contributed by atoms with Crippen LogP contribution in [0.1, 0.15) is 44.7 Å². The van der Waals surface area contributed by atoms with E-state index in [0.29, 0.717) is 29.6 Å². The van der Waals surface area contributed by atoms with Gasteiger partial charge in [-0.3, -0.25) is 4.57 Å². The zero-order chi connectivity index (χ0) is 22.7. The zero-order valence-electron chi connectivity index (χ0n) is 19.0. The Hall–Kier alpha value is -3.48. The predicted octanol–water partition coefficient (Wildman–Crippen LogP) is 5.08. The number of imidazole rings is 1. The number of methoxy groups -OCH3 is 2. The lowest BCUT2D eigenvalue weighted by Crippen LogP contribution is -2.29. The quantitative estimate of drug-likeness (QED) is 0.393. The maximum atomic E-state index is 13.3. The first kappa shape index (κ1) is 21.7. The third-order valence-electron chi connectivity index (χ3n) is 5.77. The molecule has 0 fully saturated rings. The summed E-state index contributed by atoms with van der Waals surface area (Å²) in [5, 5.41) is 3.31. The molecule has 7 heteroatoms. The average Bonchev–Trinajstić information content (AvgIpc) is 3.18. The van der Waals surface area contributed by atoms with Crippen molar-refractivity contribution in [3.8, 4) is 11.5 Å². The summed E-state index contributed by atoms with van der Waals surface area (Å²) in [5.41, 5.74) is 3.86. The SMILES string of the molecule is CCCCCOC(=O)C1=C(C)Nc2nc3ccccc3n2[C@H]1c1ccc(OC)cc1OC. The van der Waals surface area contributed by atoms with Gasteiger partial charge in [-0.2, -0.15) is 0 Å². The van der Waals surface area contributed by atoms with Crippen molar-refractivity contribution in [1.29, 1.82) is 0 Å². The Morgan fingerprint density at radius 1 is 1.12 bits per heavy atom. The van der Waals surface area contributed by atoms with Crippen LogP contribution < -0.4 is 14.8 Å². The third-order valence-corrected chi connectivity index (χ3v) is 5.77. The van der Waals surface area contributed by atoms with Crippen molar-refractivity contribution >= 4 is 23.0 Å². The molecule has 0 radical (unpaired) electrons. The summed E-state index contributed by atoms with van der Waals surface area (Å²) in [7, 11) is 3.23. The molecule has 0 spiro atoms. The lowest BCUT2D eigenvalue weighted by atomic mass is 9.94. The summed E-state index contributed by atoms with van der Waals surface area (Å²) < 4.78 is 18.8. The van der Waals surface area contributed by atoms with E-state index in [1.807, 2.05) is 54.0 Å². The number of carbonyl (C=O) groups is 1. The van der Waals surface area contributed by atoms with Crippen LogP contribution in [0.2, 0.25) is 0 Å². The second-order valence-corrected chi connectivity index (χ2v) is 7.81. The normalized spacial score (nSPS) is 15.3. The molecule has 2 heterocycles. The van der Waals surface area contributed by atoms with E-state index in [-0.39, 0.29) is 5.97 Å². The van der Waals surface area contributed by atoms with Crippen LogP contribution in [0, 0.1) is 0 Å². The lowest BCUT2D eigenvalue weighted by Gasteiger charge is -2.31. The van der Waals surface area contributed by atoms with E-state index in [1.54, 1.807) is 14.2 Å².